The zero-order valence-corrected chi connectivity index (χ0v) is 10.7. The molecule has 90 valence electrons. The molecule has 1 amide bonds. The van der Waals surface area contributed by atoms with Gasteiger partial charge in [-0.25, -0.2) is 4.98 Å². The van der Waals surface area contributed by atoms with E-state index in [-0.39, 0.29) is 5.91 Å². The molecule has 1 N–H and O–H groups in total. The van der Waals surface area contributed by atoms with Gasteiger partial charge in [0.25, 0.3) is 5.91 Å². The first-order chi connectivity index (χ1) is 8.74. The van der Waals surface area contributed by atoms with E-state index >= 15 is 0 Å². The Hall–Kier alpha value is -1.95. The Morgan fingerprint density at radius 2 is 2.22 bits per heavy atom. The molecule has 18 heavy (non-hydrogen) atoms. The lowest BCUT2D eigenvalue weighted by Crippen LogP contribution is -2.30. The van der Waals surface area contributed by atoms with Crippen molar-refractivity contribution in [3.8, 4) is 5.75 Å². The van der Waals surface area contributed by atoms with E-state index in [1.165, 1.54) is 0 Å². The number of nitrogens with one attached hydrogen (secondary N) is 1. The molecule has 6 heteroatoms. The van der Waals surface area contributed by atoms with Crippen molar-refractivity contribution in [3.63, 3.8) is 0 Å². The average molecular weight is 306 g/mol. The summed E-state index contributed by atoms with van der Waals surface area (Å²) in [6.45, 7) is 0. The van der Waals surface area contributed by atoms with E-state index in [0.717, 1.165) is 0 Å². The van der Waals surface area contributed by atoms with Gasteiger partial charge in [0.2, 0.25) is 6.10 Å². The van der Waals surface area contributed by atoms with Crippen LogP contribution in [0.25, 0.3) is 0 Å². The molecule has 0 saturated heterocycles. The maximum atomic E-state index is 11.9. The number of carbonyl (C=O) groups excluding carboxylic acids is 1. The number of amides is 1. The van der Waals surface area contributed by atoms with Crippen molar-refractivity contribution in [1.29, 1.82) is 0 Å². The van der Waals surface area contributed by atoms with Crippen LogP contribution in [-0.2, 0) is 4.79 Å². The third kappa shape index (κ3) is 1.95. The van der Waals surface area contributed by atoms with Crippen molar-refractivity contribution in [2.45, 2.75) is 6.10 Å². The van der Waals surface area contributed by atoms with Gasteiger partial charge in [-0.1, -0.05) is 6.07 Å². The van der Waals surface area contributed by atoms with E-state index in [4.69, 9.17) is 4.74 Å². The van der Waals surface area contributed by atoms with Crippen molar-refractivity contribution >= 4 is 27.7 Å². The average Bonchev–Trinajstić information content (AvgIpc) is 2.39. The number of hydrogen-bond donors (Lipinski definition) is 1. The lowest BCUT2D eigenvalue weighted by atomic mass is 10.1. The van der Waals surface area contributed by atoms with Gasteiger partial charge in [0, 0.05) is 18.0 Å². The summed E-state index contributed by atoms with van der Waals surface area (Å²) in [5.74, 6) is 0.724. The smallest absolute Gasteiger partial charge is 0.271 e. The summed E-state index contributed by atoms with van der Waals surface area (Å²) in [6.07, 6.45) is 2.58. The van der Waals surface area contributed by atoms with Crippen LogP contribution < -0.4 is 10.1 Å². The maximum Gasteiger partial charge on any atom is 0.271 e. The predicted molar refractivity (Wildman–Crippen MR) is 68.2 cm³/mol. The number of ether oxygens (including phenoxy) is 1. The lowest BCUT2D eigenvalue weighted by Gasteiger charge is -2.25. The zero-order valence-electron chi connectivity index (χ0n) is 9.13. The standard InChI is InChI=1S/C12H8BrN3O2/c13-9-4-3-8-11(15-9)16-12(17)10(18-8)7-2-1-5-14-6-7/h1-6,10H,(H,15,16,17). The van der Waals surface area contributed by atoms with E-state index in [1.807, 2.05) is 0 Å². The minimum absolute atomic E-state index is 0.249. The van der Waals surface area contributed by atoms with E-state index < -0.39 is 6.10 Å². The number of hydrogen-bond acceptors (Lipinski definition) is 4. The minimum atomic E-state index is -0.686. The SMILES string of the molecule is O=C1Nc2nc(Br)ccc2OC1c1cccnc1. The van der Waals surface area contributed by atoms with Crippen molar-refractivity contribution in [1.82, 2.24) is 9.97 Å². The molecule has 0 saturated carbocycles. The molecule has 0 aliphatic carbocycles. The Balaban J connectivity index is 1.97. The summed E-state index contributed by atoms with van der Waals surface area (Å²) in [7, 11) is 0. The molecule has 5 nitrogen and oxygen atoms in total. The predicted octanol–water partition coefficient (Wildman–Crippen LogP) is 2.31. The summed E-state index contributed by atoms with van der Waals surface area (Å²) in [4.78, 5) is 20.1. The van der Waals surface area contributed by atoms with Gasteiger partial charge in [0.1, 0.15) is 4.60 Å². The lowest BCUT2D eigenvalue weighted by molar-refractivity contribution is -0.123. The first kappa shape index (κ1) is 11.2. The zero-order chi connectivity index (χ0) is 12.5. The number of aromatic nitrogens is 2. The molecule has 2 aromatic heterocycles. The van der Waals surface area contributed by atoms with E-state index in [1.54, 1.807) is 36.7 Å². The number of halogens is 1. The molecule has 1 aliphatic rings. The molecule has 2 aromatic rings. The monoisotopic (exact) mass is 305 g/mol. The van der Waals surface area contributed by atoms with Gasteiger partial charge in [-0.3, -0.25) is 9.78 Å². The second-order valence-electron chi connectivity index (χ2n) is 3.75. The van der Waals surface area contributed by atoms with Crippen molar-refractivity contribution in [2.24, 2.45) is 0 Å². The van der Waals surface area contributed by atoms with Gasteiger partial charge in [0.05, 0.1) is 0 Å². The normalized spacial score (nSPS) is 17.6. The van der Waals surface area contributed by atoms with Gasteiger partial charge < -0.3 is 10.1 Å². The third-order valence-corrected chi connectivity index (χ3v) is 2.98. The van der Waals surface area contributed by atoms with Crippen LogP contribution >= 0.6 is 15.9 Å². The number of carbonyl (C=O) groups is 1. The first-order valence-corrected chi connectivity index (χ1v) is 6.07. The largest absolute Gasteiger partial charge is 0.472 e. The van der Waals surface area contributed by atoms with Gasteiger partial charge in [-0.2, -0.15) is 0 Å². The highest BCUT2D eigenvalue weighted by Crippen LogP contribution is 2.34. The third-order valence-electron chi connectivity index (χ3n) is 2.54. The fourth-order valence-corrected chi connectivity index (χ4v) is 2.03. The van der Waals surface area contributed by atoms with Crippen LogP contribution in [0, 0.1) is 0 Å². The van der Waals surface area contributed by atoms with Crippen LogP contribution in [0.1, 0.15) is 11.7 Å². The molecule has 0 bridgehead atoms. The van der Waals surface area contributed by atoms with Gasteiger partial charge >= 0.3 is 0 Å². The molecule has 0 spiro atoms. The second-order valence-corrected chi connectivity index (χ2v) is 4.57. The van der Waals surface area contributed by atoms with Crippen LogP contribution in [-0.4, -0.2) is 15.9 Å². The van der Waals surface area contributed by atoms with Crippen molar-refractivity contribution in [3.05, 3.63) is 46.8 Å². The summed E-state index contributed by atoms with van der Waals surface area (Å²) in [5.41, 5.74) is 0.712. The summed E-state index contributed by atoms with van der Waals surface area (Å²) in [5, 5.41) is 2.72. The van der Waals surface area contributed by atoms with Crippen molar-refractivity contribution < 1.29 is 9.53 Å². The van der Waals surface area contributed by atoms with Crippen LogP contribution in [0.4, 0.5) is 5.82 Å². The van der Waals surface area contributed by atoms with Crippen LogP contribution in [0.2, 0.25) is 0 Å². The summed E-state index contributed by atoms with van der Waals surface area (Å²) < 4.78 is 6.29. The molecular formula is C12H8BrN3O2. The summed E-state index contributed by atoms with van der Waals surface area (Å²) in [6, 6.07) is 7.09. The molecule has 0 aromatic carbocycles. The quantitative estimate of drug-likeness (QED) is 0.821. The highest BCUT2D eigenvalue weighted by atomic mass is 79.9. The maximum absolute atomic E-state index is 11.9. The van der Waals surface area contributed by atoms with Crippen molar-refractivity contribution in [2.75, 3.05) is 5.32 Å². The second kappa shape index (κ2) is 4.38. The molecule has 1 aliphatic heterocycles. The highest BCUT2D eigenvalue weighted by Gasteiger charge is 2.30. The Morgan fingerprint density at radius 3 is 3.00 bits per heavy atom. The first-order valence-electron chi connectivity index (χ1n) is 5.28. The highest BCUT2D eigenvalue weighted by molar-refractivity contribution is 9.10. The Bertz CT molecular complexity index is 604. The number of anilines is 1. The van der Waals surface area contributed by atoms with E-state index in [0.29, 0.717) is 21.7 Å². The molecule has 3 rings (SSSR count). The molecule has 3 heterocycles. The number of fused-ring (bicyclic) bond motifs is 1. The Labute approximate surface area is 111 Å². The molecular weight excluding hydrogens is 298 g/mol. The number of pyridine rings is 2. The van der Waals surface area contributed by atoms with Crippen LogP contribution in [0.5, 0.6) is 5.75 Å². The molecule has 0 fully saturated rings. The van der Waals surface area contributed by atoms with Crippen LogP contribution in [0.3, 0.4) is 0 Å². The van der Waals surface area contributed by atoms with Gasteiger partial charge in [-0.15, -0.1) is 0 Å². The fraction of sp³-hybridized carbons (Fsp3) is 0.0833. The topological polar surface area (TPSA) is 64.1 Å². The molecule has 0 radical (unpaired) electrons. The summed E-state index contributed by atoms with van der Waals surface area (Å²) >= 11 is 3.24. The molecule has 1 unspecified atom stereocenters. The van der Waals surface area contributed by atoms with Gasteiger partial charge in [-0.05, 0) is 34.1 Å². The van der Waals surface area contributed by atoms with Gasteiger partial charge in [0.15, 0.2) is 11.6 Å². The fourth-order valence-electron chi connectivity index (χ4n) is 1.72. The van der Waals surface area contributed by atoms with Crippen LogP contribution in [0.15, 0.2) is 41.3 Å². The Kier molecular flexibility index (Phi) is 2.71. The van der Waals surface area contributed by atoms with E-state index in [9.17, 15) is 4.79 Å². The molecule has 1 atom stereocenters. The Morgan fingerprint density at radius 1 is 1.33 bits per heavy atom. The minimum Gasteiger partial charge on any atom is -0.472 e. The number of rotatable bonds is 1. The number of nitrogens with zero attached hydrogens (tertiary/aromatic N) is 2. The van der Waals surface area contributed by atoms with E-state index in [2.05, 4.69) is 31.2 Å².